The minimum absolute atomic E-state index is 0.00557. The molecule has 1 aliphatic rings. The van der Waals surface area contributed by atoms with E-state index in [1.807, 2.05) is 59.5 Å². The lowest BCUT2D eigenvalue weighted by molar-refractivity contribution is -0.128. The Labute approximate surface area is 200 Å². The summed E-state index contributed by atoms with van der Waals surface area (Å²) < 4.78 is 0. The number of hydrogen-bond donors (Lipinski definition) is 1. The van der Waals surface area contributed by atoms with Gasteiger partial charge in [-0.25, -0.2) is 0 Å². The van der Waals surface area contributed by atoms with Gasteiger partial charge in [0.2, 0.25) is 5.91 Å². The third-order valence-electron chi connectivity index (χ3n) is 5.94. The van der Waals surface area contributed by atoms with Crippen molar-refractivity contribution in [3.8, 4) is 0 Å². The average molecular weight is 459 g/mol. The number of anilines is 1. The van der Waals surface area contributed by atoms with E-state index < -0.39 is 0 Å². The molecular weight excluding hydrogens is 428 g/mol. The number of rotatable bonds is 9. The molecule has 1 heterocycles. The molecule has 4 rings (SSSR count). The zero-order valence-electron chi connectivity index (χ0n) is 19.0. The van der Waals surface area contributed by atoms with Crippen molar-refractivity contribution in [1.82, 2.24) is 4.90 Å². The SMILES string of the molecule is CCCCc1ccc(NC(=O)c2ccc([C@@H]3SCC(=O)N3CCc3ccccc3)cc2)cc1. The lowest BCUT2D eigenvalue weighted by Crippen LogP contribution is -2.30. The third kappa shape index (κ3) is 6.05. The summed E-state index contributed by atoms with van der Waals surface area (Å²) >= 11 is 1.65. The molecule has 0 saturated carbocycles. The average Bonchev–Trinajstić information content (AvgIpc) is 3.23. The minimum atomic E-state index is -0.126. The Hall–Kier alpha value is -3.05. The number of carbonyl (C=O) groups excluding carboxylic acids is 2. The smallest absolute Gasteiger partial charge is 0.255 e. The Balaban J connectivity index is 1.37. The maximum absolute atomic E-state index is 12.7. The number of unbranched alkanes of at least 4 members (excludes halogenated alkanes) is 1. The Morgan fingerprint density at radius 3 is 2.33 bits per heavy atom. The quantitative estimate of drug-likeness (QED) is 0.422. The summed E-state index contributed by atoms with van der Waals surface area (Å²) in [6.45, 7) is 2.88. The first-order valence-electron chi connectivity index (χ1n) is 11.6. The maximum Gasteiger partial charge on any atom is 0.255 e. The maximum atomic E-state index is 12.7. The van der Waals surface area contributed by atoms with Gasteiger partial charge >= 0.3 is 0 Å². The van der Waals surface area contributed by atoms with E-state index in [-0.39, 0.29) is 17.2 Å². The van der Waals surface area contributed by atoms with Crippen molar-refractivity contribution in [2.45, 2.75) is 38.0 Å². The van der Waals surface area contributed by atoms with E-state index in [4.69, 9.17) is 0 Å². The van der Waals surface area contributed by atoms with Crippen LogP contribution in [0.1, 0.15) is 52.2 Å². The summed E-state index contributed by atoms with van der Waals surface area (Å²) in [5, 5.41) is 2.97. The fraction of sp³-hybridized carbons (Fsp3) is 0.286. The molecular formula is C28H30N2O2S. The predicted molar refractivity (Wildman–Crippen MR) is 137 cm³/mol. The summed E-state index contributed by atoms with van der Waals surface area (Å²) in [6.07, 6.45) is 4.25. The van der Waals surface area contributed by atoms with Crippen molar-refractivity contribution < 1.29 is 9.59 Å². The van der Waals surface area contributed by atoms with Crippen LogP contribution in [0.15, 0.2) is 78.9 Å². The van der Waals surface area contributed by atoms with E-state index in [0.717, 1.165) is 24.1 Å². The number of amides is 2. The van der Waals surface area contributed by atoms with Crippen LogP contribution in [0.25, 0.3) is 0 Å². The molecule has 1 saturated heterocycles. The Kier molecular flexibility index (Phi) is 7.84. The van der Waals surface area contributed by atoms with E-state index >= 15 is 0 Å². The molecule has 1 N–H and O–H groups in total. The molecule has 0 bridgehead atoms. The van der Waals surface area contributed by atoms with Gasteiger partial charge in [0.1, 0.15) is 5.37 Å². The Morgan fingerprint density at radius 2 is 1.64 bits per heavy atom. The van der Waals surface area contributed by atoms with Gasteiger partial charge in [-0.3, -0.25) is 9.59 Å². The second kappa shape index (κ2) is 11.2. The second-order valence-corrected chi connectivity index (χ2v) is 9.43. The van der Waals surface area contributed by atoms with E-state index in [0.29, 0.717) is 17.9 Å². The van der Waals surface area contributed by atoms with Crippen LogP contribution < -0.4 is 5.32 Å². The normalized spacial score (nSPS) is 15.6. The summed E-state index contributed by atoms with van der Waals surface area (Å²) in [5.74, 6) is 0.541. The molecule has 0 aromatic heterocycles. The van der Waals surface area contributed by atoms with Gasteiger partial charge in [-0.1, -0.05) is 67.9 Å². The second-order valence-electron chi connectivity index (χ2n) is 8.36. The highest BCUT2D eigenvalue weighted by atomic mass is 32.2. The van der Waals surface area contributed by atoms with Crippen molar-refractivity contribution in [2.75, 3.05) is 17.6 Å². The van der Waals surface area contributed by atoms with Crippen molar-refractivity contribution in [3.05, 3.63) is 101 Å². The highest BCUT2D eigenvalue weighted by molar-refractivity contribution is 8.00. The molecule has 0 aliphatic carbocycles. The van der Waals surface area contributed by atoms with Crippen LogP contribution in [0.4, 0.5) is 5.69 Å². The fourth-order valence-electron chi connectivity index (χ4n) is 4.00. The zero-order valence-corrected chi connectivity index (χ0v) is 19.8. The third-order valence-corrected chi connectivity index (χ3v) is 7.20. The summed E-state index contributed by atoms with van der Waals surface area (Å²) in [7, 11) is 0. The molecule has 2 amide bonds. The molecule has 1 aliphatic heterocycles. The summed E-state index contributed by atoms with van der Waals surface area (Å²) in [6, 6.07) is 25.9. The fourth-order valence-corrected chi connectivity index (χ4v) is 5.22. The largest absolute Gasteiger partial charge is 0.326 e. The molecule has 5 heteroatoms. The van der Waals surface area contributed by atoms with Gasteiger partial charge in [0.15, 0.2) is 0 Å². The molecule has 0 radical (unpaired) electrons. The molecule has 170 valence electrons. The topological polar surface area (TPSA) is 49.4 Å². The number of aryl methyl sites for hydroxylation is 1. The van der Waals surface area contributed by atoms with Crippen LogP contribution in [0.5, 0.6) is 0 Å². The highest BCUT2D eigenvalue weighted by Gasteiger charge is 2.32. The number of nitrogens with zero attached hydrogens (tertiary/aromatic N) is 1. The molecule has 1 fully saturated rings. The molecule has 1 atom stereocenters. The van der Waals surface area contributed by atoms with Gasteiger partial charge in [-0.15, -0.1) is 11.8 Å². The lowest BCUT2D eigenvalue weighted by atomic mass is 10.1. The number of benzene rings is 3. The first-order valence-corrected chi connectivity index (χ1v) is 12.6. The standard InChI is InChI=1S/C28H30N2O2S/c1-2-3-7-22-10-16-25(17-11-22)29-27(32)23-12-14-24(15-13-23)28-30(26(31)20-33-28)19-18-21-8-5-4-6-9-21/h4-6,8-17,28H,2-3,7,18-20H2,1H3,(H,29,32)/t28-/m0/s1. The van der Waals surface area contributed by atoms with Crippen molar-refractivity contribution in [3.63, 3.8) is 0 Å². The van der Waals surface area contributed by atoms with Crippen LogP contribution in [-0.4, -0.2) is 29.0 Å². The monoisotopic (exact) mass is 458 g/mol. The van der Waals surface area contributed by atoms with Gasteiger partial charge in [-0.05, 0) is 60.2 Å². The van der Waals surface area contributed by atoms with Crippen LogP contribution in [-0.2, 0) is 17.6 Å². The number of carbonyl (C=O) groups is 2. The lowest BCUT2D eigenvalue weighted by Gasteiger charge is -2.24. The van der Waals surface area contributed by atoms with E-state index in [1.165, 1.54) is 24.0 Å². The molecule has 33 heavy (non-hydrogen) atoms. The molecule has 3 aromatic carbocycles. The van der Waals surface area contributed by atoms with Gasteiger partial charge in [0, 0.05) is 17.8 Å². The summed E-state index contributed by atoms with van der Waals surface area (Å²) in [4.78, 5) is 27.1. The summed E-state index contributed by atoms with van der Waals surface area (Å²) in [5.41, 5.74) is 4.98. The van der Waals surface area contributed by atoms with Crippen LogP contribution >= 0.6 is 11.8 Å². The number of hydrogen-bond acceptors (Lipinski definition) is 3. The molecule has 0 unspecified atom stereocenters. The van der Waals surface area contributed by atoms with Gasteiger partial charge in [0.05, 0.1) is 5.75 Å². The van der Waals surface area contributed by atoms with Crippen molar-refractivity contribution in [1.29, 1.82) is 0 Å². The van der Waals surface area contributed by atoms with Crippen molar-refractivity contribution in [2.24, 2.45) is 0 Å². The molecule has 4 nitrogen and oxygen atoms in total. The predicted octanol–water partition coefficient (Wildman–Crippen LogP) is 6.10. The molecule has 3 aromatic rings. The zero-order chi connectivity index (χ0) is 23.0. The first kappa shape index (κ1) is 23.1. The Bertz CT molecular complexity index is 1070. The highest BCUT2D eigenvalue weighted by Crippen LogP contribution is 2.38. The Morgan fingerprint density at radius 1 is 0.939 bits per heavy atom. The number of nitrogens with one attached hydrogen (secondary N) is 1. The molecule has 0 spiro atoms. The van der Waals surface area contributed by atoms with Gasteiger partial charge in [-0.2, -0.15) is 0 Å². The van der Waals surface area contributed by atoms with Crippen LogP contribution in [0.2, 0.25) is 0 Å². The van der Waals surface area contributed by atoms with Gasteiger partial charge in [0.25, 0.3) is 5.91 Å². The van der Waals surface area contributed by atoms with Gasteiger partial charge < -0.3 is 10.2 Å². The number of thioether (sulfide) groups is 1. The van der Waals surface area contributed by atoms with E-state index in [9.17, 15) is 9.59 Å². The van der Waals surface area contributed by atoms with Crippen molar-refractivity contribution >= 4 is 29.3 Å². The van der Waals surface area contributed by atoms with E-state index in [2.05, 4.69) is 36.5 Å². The first-order chi connectivity index (χ1) is 16.1. The minimum Gasteiger partial charge on any atom is -0.326 e. The van der Waals surface area contributed by atoms with Crippen LogP contribution in [0.3, 0.4) is 0 Å². The van der Waals surface area contributed by atoms with Crippen LogP contribution in [0, 0.1) is 0 Å². The van der Waals surface area contributed by atoms with E-state index in [1.54, 1.807) is 11.8 Å².